The summed E-state index contributed by atoms with van der Waals surface area (Å²) in [6.07, 6.45) is 25.9. The first kappa shape index (κ1) is 55.5. The van der Waals surface area contributed by atoms with Gasteiger partial charge in [-0.25, -0.2) is 4.98 Å². The Morgan fingerprint density at radius 3 is 1.71 bits per heavy atom. The van der Waals surface area contributed by atoms with Crippen LogP contribution >= 0.6 is 0 Å². The smallest absolute Gasteiger partial charge is 0.251 e. The number of benzene rings is 5. The summed E-state index contributed by atoms with van der Waals surface area (Å²) in [4.78, 5) is 36.2. The maximum Gasteiger partial charge on any atom is 0.251 e. The molecule has 12 nitrogen and oxygen atoms in total. The Morgan fingerprint density at radius 1 is 0.577 bits per heavy atom. The number of anilines is 4. The van der Waals surface area contributed by atoms with E-state index in [9.17, 15) is 9.59 Å². The Kier molecular flexibility index (Phi) is 19.2. The summed E-state index contributed by atoms with van der Waals surface area (Å²) in [5.41, 5.74) is 32.0. The largest absolute Gasteiger partial charge is 0.398 e. The maximum absolute atomic E-state index is 13.0. The summed E-state index contributed by atoms with van der Waals surface area (Å²) < 4.78 is 2.53. The molecule has 3 aliphatic carbocycles. The van der Waals surface area contributed by atoms with Crippen molar-refractivity contribution in [2.75, 3.05) is 48.3 Å². The second kappa shape index (κ2) is 26.9. The van der Waals surface area contributed by atoms with Crippen LogP contribution in [0.3, 0.4) is 0 Å². The summed E-state index contributed by atoms with van der Waals surface area (Å²) in [5, 5.41) is 17.3. The summed E-state index contributed by atoms with van der Waals surface area (Å²) in [5.74, 6) is -0.118. The van der Waals surface area contributed by atoms with Crippen LogP contribution in [0.1, 0.15) is 172 Å². The van der Waals surface area contributed by atoms with Gasteiger partial charge in [-0.2, -0.15) is 4.57 Å². The molecule has 410 valence electrons. The Balaban J connectivity index is 0.634. The number of aryl methyl sites for hydroxylation is 3. The number of amides is 2. The van der Waals surface area contributed by atoms with Crippen molar-refractivity contribution in [1.82, 2.24) is 20.9 Å². The van der Waals surface area contributed by atoms with E-state index in [-0.39, 0.29) is 11.8 Å². The van der Waals surface area contributed by atoms with Gasteiger partial charge in [0.1, 0.15) is 11.0 Å². The van der Waals surface area contributed by atoms with Gasteiger partial charge in [-0.1, -0.05) is 81.7 Å². The van der Waals surface area contributed by atoms with Gasteiger partial charge < -0.3 is 38.1 Å². The van der Waals surface area contributed by atoms with E-state index in [0.29, 0.717) is 36.3 Å². The number of hydrogen-bond acceptors (Lipinski definition) is 9. The van der Waals surface area contributed by atoms with Crippen LogP contribution in [0, 0.1) is 20.8 Å². The van der Waals surface area contributed by atoms with Crippen LogP contribution in [-0.4, -0.2) is 54.7 Å². The molecule has 3 aliphatic rings. The van der Waals surface area contributed by atoms with Gasteiger partial charge in [0.2, 0.25) is 11.0 Å². The van der Waals surface area contributed by atoms with Crippen molar-refractivity contribution in [3.63, 3.8) is 0 Å². The van der Waals surface area contributed by atoms with Crippen molar-refractivity contribution < 1.29 is 14.2 Å². The number of hydrogen-bond donors (Lipinski definition) is 7. The van der Waals surface area contributed by atoms with E-state index in [0.717, 1.165) is 144 Å². The minimum absolute atomic E-state index is 0.0587. The fourth-order valence-corrected chi connectivity index (χ4v) is 11.6. The number of unbranched alkanes of at least 4 members (excludes halogenated alkanes) is 6. The zero-order chi connectivity index (χ0) is 54.4. The number of carbonyl (C=O) groups is 2. The van der Waals surface area contributed by atoms with Gasteiger partial charge in [-0.3, -0.25) is 14.6 Å². The molecule has 2 amide bonds. The zero-order valence-electron chi connectivity index (χ0n) is 47.0. The Hall–Kier alpha value is -7.21. The van der Waals surface area contributed by atoms with E-state index in [4.69, 9.17) is 21.4 Å². The SMILES string of the molecule is CC1=CC(=Nc2cc(C)c(N)cc2NC2CCCCC2)CC=C1NCCCCCCNC(=O)c1ccc(-c2ccc(C(=O)NCCCCCCNc3cc4c(cc3C)nc3cc(C)c(N)cc3[n+]4C3CCCCC3)cc2)cc1. The number of carbonyl (C=O) groups excluding carboxylic acids is 2. The molecule has 9 N–H and O–H groups in total. The average molecular weight is 1050 g/mol. The normalized spacial score (nSPS) is 15.8. The van der Waals surface area contributed by atoms with Gasteiger partial charge in [0.25, 0.3) is 11.8 Å². The molecule has 78 heavy (non-hydrogen) atoms. The Morgan fingerprint density at radius 2 is 1.10 bits per heavy atom. The monoisotopic (exact) mass is 1050 g/mol. The Labute approximate surface area is 463 Å². The van der Waals surface area contributed by atoms with Gasteiger partial charge in [0.05, 0.1) is 11.4 Å². The first-order chi connectivity index (χ1) is 38.0. The quantitative estimate of drug-likeness (QED) is 0.0144. The number of nitrogens with zero attached hydrogens (tertiary/aromatic N) is 3. The molecule has 0 aliphatic heterocycles. The van der Waals surface area contributed by atoms with Crippen molar-refractivity contribution in [3.05, 3.63) is 136 Å². The fourth-order valence-electron chi connectivity index (χ4n) is 11.6. The number of nitrogens with two attached hydrogens (primary N) is 2. The van der Waals surface area contributed by atoms with Crippen molar-refractivity contribution >= 4 is 68.0 Å². The standard InChI is InChI=1S/C66H84N10O2/c1-44-38-59(60(41-55(44)67)73-52-19-11-9-12-20-52)74-53-31-32-57(46(3)37-53)69-33-15-5-7-17-35-71-65(77)50-27-23-48(24-28-50)49-25-29-51(30-26-49)66(78)72-36-18-8-6-16-34-70-58-43-64-62(40-47(58)4)75-61-39-45(2)56(68)42-63(61)76(64)54-21-13-10-14-22-54/h23-30,32,37-43,52,54,69,73H,5-22,31,33-36,67H2,1-4H3,(H4,68,70,71,72,77,78)/p+1. The number of aliphatic imine (C=N–C) groups is 1. The highest BCUT2D eigenvalue weighted by Crippen LogP contribution is 2.35. The van der Waals surface area contributed by atoms with E-state index in [1.54, 1.807) is 0 Å². The van der Waals surface area contributed by atoms with Crippen LogP contribution in [0.5, 0.6) is 0 Å². The molecule has 1 aromatic heterocycles. The molecule has 12 heteroatoms. The minimum atomic E-state index is -0.0591. The highest BCUT2D eigenvalue weighted by molar-refractivity contribution is 6.01. The van der Waals surface area contributed by atoms with Crippen LogP contribution in [0.15, 0.2) is 113 Å². The number of fused-ring (bicyclic) bond motifs is 2. The van der Waals surface area contributed by atoms with Gasteiger partial charge in [0, 0.05) is 103 Å². The van der Waals surface area contributed by atoms with E-state index >= 15 is 0 Å². The molecule has 0 atom stereocenters. The van der Waals surface area contributed by atoms with Crippen LogP contribution in [0.4, 0.5) is 28.4 Å². The zero-order valence-corrected chi connectivity index (χ0v) is 47.0. The van der Waals surface area contributed by atoms with Crippen LogP contribution < -0.4 is 42.6 Å². The molecule has 9 rings (SSSR count). The molecule has 0 radical (unpaired) electrons. The summed E-state index contributed by atoms with van der Waals surface area (Å²) in [6, 6.07) is 29.3. The minimum Gasteiger partial charge on any atom is -0.398 e. The van der Waals surface area contributed by atoms with Gasteiger partial charge >= 0.3 is 0 Å². The molecule has 2 saturated carbocycles. The van der Waals surface area contributed by atoms with Gasteiger partial charge in [-0.15, -0.1) is 0 Å². The molecule has 1 heterocycles. The fraction of sp³-hybridized carbons (Fsp3) is 0.439. The number of aromatic nitrogens is 2. The lowest BCUT2D eigenvalue weighted by Crippen LogP contribution is -2.42. The van der Waals surface area contributed by atoms with Crippen LogP contribution in [0.2, 0.25) is 0 Å². The molecule has 6 aromatic rings. The van der Waals surface area contributed by atoms with Crippen molar-refractivity contribution in [2.45, 2.75) is 162 Å². The number of nitrogens with one attached hydrogen (secondary N) is 5. The molecular formula is C66H85N10O2+. The summed E-state index contributed by atoms with van der Waals surface area (Å²) >= 11 is 0. The molecule has 2 fully saturated rings. The third-order valence-electron chi connectivity index (χ3n) is 16.4. The van der Waals surface area contributed by atoms with Gasteiger partial charge in [-0.05, 0) is 167 Å². The maximum atomic E-state index is 13.0. The van der Waals surface area contributed by atoms with Gasteiger partial charge in [0.15, 0.2) is 6.04 Å². The lowest BCUT2D eigenvalue weighted by Gasteiger charge is -2.25. The lowest BCUT2D eigenvalue weighted by molar-refractivity contribution is -0.677. The molecule has 0 bridgehead atoms. The molecule has 5 aromatic carbocycles. The lowest BCUT2D eigenvalue weighted by atomic mass is 9.94. The molecule has 0 spiro atoms. The number of rotatable bonds is 23. The predicted molar refractivity (Wildman–Crippen MR) is 325 cm³/mol. The highest BCUT2D eigenvalue weighted by atomic mass is 16.2. The predicted octanol–water partition coefficient (Wildman–Crippen LogP) is 14.0. The van der Waals surface area contributed by atoms with E-state index in [2.05, 4.69) is 100 Å². The van der Waals surface area contributed by atoms with E-state index in [1.165, 1.54) is 86.6 Å². The molecule has 0 unspecified atom stereocenters. The van der Waals surface area contributed by atoms with E-state index in [1.807, 2.05) is 55.5 Å². The van der Waals surface area contributed by atoms with Crippen LogP contribution in [-0.2, 0) is 0 Å². The van der Waals surface area contributed by atoms with Crippen LogP contribution in [0.25, 0.3) is 33.2 Å². The second-order valence-corrected chi connectivity index (χ2v) is 22.4. The number of nitrogen functional groups attached to an aromatic ring is 2. The second-order valence-electron chi connectivity index (χ2n) is 22.4. The van der Waals surface area contributed by atoms with Crippen molar-refractivity contribution in [1.29, 1.82) is 0 Å². The van der Waals surface area contributed by atoms with E-state index < -0.39 is 0 Å². The first-order valence-electron chi connectivity index (χ1n) is 29.4. The molecular weight excluding hydrogens is 965 g/mol. The summed E-state index contributed by atoms with van der Waals surface area (Å²) in [6.45, 7) is 11.5. The number of allylic oxidation sites excluding steroid dienone is 3. The third-order valence-corrected chi connectivity index (χ3v) is 16.4. The average Bonchev–Trinajstić information content (AvgIpc) is 3.60. The highest BCUT2D eigenvalue weighted by Gasteiger charge is 2.29. The van der Waals surface area contributed by atoms with Crippen molar-refractivity contribution in [3.8, 4) is 11.1 Å². The summed E-state index contributed by atoms with van der Waals surface area (Å²) in [7, 11) is 0. The Bertz CT molecular complexity index is 3150. The third kappa shape index (κ3) is 14.5. The topological polar surface area (TPSA) is 175 Å². The van der Waals surface area contributed by atoms with Crippen molar-refractivity contribution in [2.24, 2.45) is 4.99 Å². The molecule has 0 saturated heterocycles. The first-order valence-corrected chi connectivity index (χ1v) is 29.4.